The second kappa shape index (κ2) is 6.93. The van der Waals surface area contributed by atoms with Gasteiger partial charge < -0.3 is 14.0 Å². The maximum atomic E-state index is 13.8. The number of aromatic nitrogens is 1. The van der Waals surface area contributed by atoms with Gasteiger partial charge in [-0.05, 0) is 61.7 Å². The van der Waals surface area contributed by atoms with Crippen LogP contribution in [0.1, 0.15) is 30.0 Å². The van der Waals surface area contributed by atoms with Crippen molar-refractivity contribution >= 4 is 22.5 Å². The second-order valence-corrected chi connectivity index (χ2v) is 7.20. The van der Waals surface area contributed by atoms with E-state index in [1.165, 1.54) is 11.8 Å². The molecule has 1 saturated heterocycles. The van der Waals surface area contributed by atoms with Crippen LogP contribution in [-0.2, 0) is 4.74 Å². The molecule has 0 amide bonds. The van der Waals surface area contributed by atoms with Crippen LogP contribution < -0.4 is 4.74 Å². The van der Waals surface area contributed by atoms with Gasteiger partial charge in [-0.25, -0.2) is 4.39 Å². The molecule has 0 saturated carbocycles. The Morgan fingerprint density at radius 2 is 1.92 bits per heavy atom. The number of benzene rings is 2. The first kappa shape index (κ1) is 17.4. The number of halogens is 2. The van der Waals surface area contributed by atoms with E-state index in [0.29, 0.717) is 16.5 Å². The van der Waals surface area contributed by atoms with Gasteiger partial charge in [0, 0.05) is 40.9 Å². The highest BCUT2D eigenvalue weighted by molar-refractivity contribution is 6.31. The molecule has 0 unspecified atom stereocenters. The van der Waals surface area contributed by atoms with E-state index < -0.39 is 0 Å². The third kappa shape index (κ3) is 2.97. The molecule has 0 atom stereocenters. The molecule has 1 aromatic heterocycles. The van der Waals surface area contributed by atoms with Crippen LogP contribution in [0.2, 0.25) is 5.02 Å². The zero-order chi connectivity index (χ0) is 18.3. The Labute approximate surface area is 157 Å². The average molecular weight is 374 g/mol. The van der Waals surface area contributed by atoms with Gasteiger partial charge in [0.2, 0.25) is 0 Å². The van der Waals surface area contributed by atoms with Crippen LogP contribution in [0, 0.1) is 12.7 Å². The largest absolute Gasteiger partial charge is 0.496 e. The molecule has 26 heavy (non-hydrogen) atoms. The molecule has 0 radical (unpaired) electrons. The summed E-state index contributed by atoms with van der Waals surface area (Å²) in [7, 11) is 1.65. The minimum absolute atomic E-state index is 0.201. The highest BCUT2D eigenvalue weighted by Crippen LogP contribution is 2.39. The summed E-state index contributed by atoms with van der Waals surface area (Å²) in [5.41, 5.74) is 3.72. The maximum absolute atomic E-state index is 13.8. The Hall–Kier alpha value is -2.04. The van der Waals surface area contributed by atoms with E-state index in [2.05, 4.69) is 10.6 Å². The monoisotopic (exact) mass is 373 g/mol. The van der Waals surface area contributed by atoms with Crippen LogP contribution in [0.5, 0.6) is 5.75 Å². The summed E-state index contributed by atoms with van der Waals surface area (Å²) in [4.78, 5) is 0. The van der Waals surface area contributed by atoms with Crippen LogP contribution in [0.4, 0.5) is 4.39 Å². The van der Waals surface area contributed by atoms with Gasteiger partial charge in [-0.2, -0.15) is 0 Å². The van der Waals surface area contributed by atoms with Crippen molar-refractivity contribution in [2.75, 3.05) is 20.3 Å². The summed E-state index contributed by atoms with van der Waals surface area (Å²) in [6.45, 7) is 3.30. The molecule has 0 N–H and O–H groups in total. The quantitative estimate of drug-likeness (QED) is 0.593. The van der Waals surface area contributed by atoms with E-state index in [0.717, 1.165) is 48.4 Å². The first-order valence-corrected chi connectivity index (χ1v) is 9.19. The van der Waals surface area contributed by atoms with Crippen molar-refractivity contribution in [2.45, 2.75) is 25.7 Å². The molecular weight excluding hydrogens is 353 g/mol. The van der Waals surface area contributed by atoms with Gasteiger partial charge >= 0.3 is 0 Å². The Morgan fingerprint density at radius 3 is 2.62 bits per heavy atom. The first-order valence-electron chi connectivity index (χ1n) is 8.81. The van der Waals surface area contributed by atoms with E-state index >= 15 is 0 Å². The Morgan fingerprint density at radius 1 is 1.15 bits per heavy atom. The number of hydrogen-bond donors (Lipinski definition) is 0. The van der Waals surface area contributed by atoms with Gasteiger partial charge in [0.05, 0.1) is 12.6 Å². The van der Waals surface area contributed by atoms with Crippen LogP contribution >= 0.6 is 11.6 Å². The van der Waals surface area contributed by atoms with E-state index in [9.17, 15) is 4.39 Å². The molecule has 5 heteroatoms. The van der Waals surface area contributed by atoms with Crippen LogP contribution in [0.15, 0.2) is 36.4 Å². The number of aryl methyl sites for hydroxylation is 1. The first-order chi connectivity index (χ1) is 12.6. The van der Waals surface area contributed by atoms with Crippen molar-refractivity contribution < 1.29 is 13.9 Å². The molecule has 136 valence electrons. The summed E-state index contributed by atoms with van der Waals surface area (Å²) in [5.74, 6) is 0.928. The van der Waals surface area contributed by atoms with Crippen molar-refractivity contribution in [3.8, 4) is 11.4 Å². The molecule has 1 fully saturated rings. The number of ether oxygens (including phenoxy) is 2. The predicted molar refractivity (Wildman–Crippen MR) is 102 cm³/mol. The zero-order valence-electron chi connectivity index (χ0n) is 14.9. The third-order valence-electron chi connectivity index (χ3n) is 5.14. The SMILES string of the molecule is COc1cc(Cl)cc2c1cc(C1CCOCC1)n2-c1ccc(F)c(C)c1. The van der Waals surface area contributed by atoms with Gasteiger partial charge in [0.1, 0.15) is 11.6 Å². The van der Waals surface area contributed by atoms with Gasteiger partial charge in [-0.1, -0.05) is 11.6 Å². The topological polar surface area (TPSA) is 23.4 Å². The fourth-order valence-electron chi connectivity index (χ4n) is 3.78. The third-order valence-corrected chi connectivity index (χ3v) is 5.35. The molecule has 1 aliphatic heterocycles. The molecular formula is C21H21ClFNO2. The van der Waals surface area contributed by atoms with Crippen molar-refractivity contribution in [1.29, 1.82) is 0 Å². The lowest BCUT2D eigenvalue weighted by Gasteiger charge is -2.24. The Bertz CT molecular complexity index is 960. The van der Waals surface area contributed by atoms with Crippen molar-refractivity contribution in [2.24, 2.45) is 0 Å². The molecule has 3 aromatic rings. The second-order valence-electron chi connectivity index (χ2n) is 6.77. The number of rotatable bonds is 3. The van der Waals surface area contributed by atoms with E-state index in [-0.39, 0.29) is 5.82 Å². The molecule has 2 heterocycles. The molecule has 0 spiro atoms. The van der Waals surface area contributed by atoms with Gasteiger partial charge in [-0.15, -0.1) is 0 Å². The van der Waals surface area contributed by atoms with E-state index in [4.69, 9.17) is 21.1 Å². The average Bonchev–Trinajstić information content (AvgIpc) is 3.03. The zero-order valence-corrected chi connectivity index (χ0v) is 15.6. The molecule has 0 aliphatic carbocycles. The minimum atomic E-state index is -0.201. The smallest absolute Gasteiger partial charge is 0.129 e. The molecule has 1 aliphatic rings. The van der Waals surface area contributed by atoms with E-state index in [1.807, 2.05) is 24.3 Å². The summed E-state index contributed by atoms with van der Waals surface area (Å²) in [5, 5.41) is 1.63. The fraction of sp³-hybridized carbons (Fsp3) is 0.333. The van der Waals surface area contributed by atoms with Gasteiger partial charge in [0.25, 0.3) is 0 Å². The van der Waals surface area contributed by atoms with Gasteiger partial charge in [0.15, 0.2) is 0 Å². The van der Waals surface area contributed by atoms with Gasteiger partial charge in [-0.3, -0.25) is 0 Å². The summed E-state index contributed by atoms with van der Waals surface area (Å²) < 4.78 is 27.1. The summed E-state index contributed by atoms with van der Waals surface area (Å²) >= 11 is 6.34. The number of nitrogens with zero attached hydrogens (tertiary/aromatic N) is 1. The highest BCUT2D eigenvalue weighted by Gasteiger charge is 2.24. The lowest BCUT2D eigenvalue weighted by Crippen LogP contribution is -2.16. The molecule has 0 bridgehead atoms. The van der Waals surface area contributed by atoms with Crippen LogP contribution in [0.3, 0.4) is 0 Å². The van der Waals surface area contributed by atoms with E-state index in [1.54, 1.807) is 14.0 Å². The Kier molecular flexibility index (Phi) is 4.63. The van der Waals surface area contributed by atoms with Crippen molar-refractivity contribution in [3.05, 3.63) is 58.5 Å². The van der Waals surface area contributed by atoms with Crippen molar-refractivity contribution in [3.63, 3.8) is 0 Å². The summed E-state index contributed by atoms with van der Waals surface area (Å²) in [6.07, 6.45) is 1.93. The summed E-state index contributed by atoms with van der Waals surface area (Å²) in [6, 6.07) is 11.2. The predicted octanol–water partition coefficient (Wildman–Crippen LogP) is 5.63. The minimum Gasteiger partial charge on any atom is -0.496 e. The van der Waals surface area contributed by atoms with Crippen molar-refractivity contribution in [1.82, 2.24) is 4.57 Å². The molecule has 3 nitrogen and oxygen atoms in total. The lowest BCUT2D eigenvalue weighted by molar-refractivity contribution is 0.0842. The maximum Gasteiger partial charge on any atom is 0.129 e. The lowest BCUT2D eigenvalue weighted by atomic mass is 9.96. The fourth-order valence-corrected chi connectivity index (χ4v) is 3.98. The number of hydrogen-bond acceptors (Lipinski definition) is 2. The normalized spacial score (nSPS) is 15.5. The Balaban J connectivity index is 2.00. The van der Waals surface area contributed by atoms with Crippen LogP contribution in [-0.4, -0.2) is 24.9 Å². The highest BCUT2D eigenvalue weighted by atomic mass is 35.5. The molecule has 4 rings (SSSR count). The number of methoxy groups -OCH3 is 1. The molecule has 2 aromatic carbocycles. The standard InChI is InChI=1S/C21H21ClFNO2/c1-13-9-16(3-4-18(13)23)24-19(14-5-7-26-8-6-14)12-17-20(24)10-15(22)11-21(17)25-2/h3-4,9-12,14H,5-8H2,1-2H3. The van der Waals surface area contributed by atoms with Crippen LogP contribution in [0.25, 0.3) is 16.6 Å². The number of fused-ring (bicyclic) bond motifs is 1.